The lowest BCUT2D eigenvalue weighted by molar-refractivity contribution is -0.140. The number of ketones is 1. The first-order valence-electron chi connectivity index (χ1n) is 12.0. The lowest BCUT2D eigenvalue weighted by Crippen LogP contribution is -2.33. The number of benzene rings is 1. The van der Waals surface area contributed by atoms with Crippen LogP contribution in [0.3, 0.4) is 0 Å². The van der Waals surface area contributed by atoms with Crippen molar-refractivity contribution in [2.75, 3.05) is 26.2 Å². The molecule has 0 spiro atoms. The second-order valence-electron chi connectivity index (χ2n) is 8.86. The van der Waals surface area contributed by atoms with E-state index >= 15 is 0 Å². The molecule has 1 saturated heterocycles. The maximum absolute atomic E-state index is 13.3. The van der Waals surface area contributed by atoms with Crippen LogP contribution in [0, 0.1) is 13.8 Å². The molecule has 7 nitrogen and oxygen atoms in total. The van der Waals surface area contributed by atoms with Gasteiger partial charge in [-0.05, 0) is 69.2 Å². The smallest absolute Gasteiger partial charge is 0.295 e. The Kier molecular flexibility index (Phi) is 7.42. The average Bonchev–Trinajstić information content (AvgIpc) is 3.32. The number of Topliss-reactive ketones (excluding diaryl/α,β-unsaturated/α-hetero) is 1. The van der Waals surface area contributed by atoms with Crippen molar-refractivity contribution in [3.8, 4) is 0 Å². The zero-order valence-electron chi connectivity index (χ0n) is 20.6. The predicted molar refractivity (Wildman–Crippen MR) is 140 cm³/mol. The van der Waals surface area contributed by atoms with E-state index in [1.54, 1.807) is 4.90 Å². The molecule has 0 aliphatic carbocycles. The average molecular weight is 539 g/mol. The lowest BCUT2D eigenvalue weighted by Gasteiger charge is -2.26. The number of pyridine rings is 1. The molecule has 1 unspecified atom stereocenters. The maximum Gasteiger partial charge on any atom is 0.295 e. The summed E-state index contributed by atoms with van der Waals surface area (Å²) >= 11 is 3.46. The van der Waals surface area contributed by atoms with Crippen molar-refractivity contribution in [2.45, 2.75) is 40.2 Å². The first kappa shape index (κ1) is 25.1. The molecular formula is C27H31BrN4O3. The Balaban J connectivity index is 1.81. The van der Waals surface area contributed by atoms with Gasteiger partial charge in [0, 0.05) is 17.2 Å². The molecule has 2 aromatic heterocycles. The molecule has 1 atom stereocenters. The Bertz CT molecular complexity index is 1290. The quantitative estimate of drug-likeness (QED) is 0.251. The SMILES string of the molecule is CCN(CC)CCCN1C(=O)C(=O)/C(=C(/O)c2nc3c(C)cccn3c2C)C1c1ccc(Br)cc1. The molecule has 1 aromatic carbocycles. The summed E-state index contributed by atoms with van der Waals surface area (Å²) < 4.78 is 2.78. The van der Waals surface area contributed by atoms with E-state index in [-0.39, 0.29) is 11.3 Å². The van der Waals surface area contributed by atoms with E-state index in [4.69, 9.17) is 0 Å². The summed E-state index contributed by atoms with van der Waals surface area (Å²) in [7, 11) is 0. The van der Waals surface area contributed by atoms with Gasteiger partial charge in [0.1, 0.15) is 11.3 Å². The van der Waals surface area contributed by atoms with Crippen LogP contribution in [0.2, 0.25) is 0 Å². The fourth-order valence-electron chi connectivity index (χ4n) is 4.78. The lowest BCUT2D eigenvalue weighted by atomic mass is 9.96. The van der Waals surface area contributed by atoms with Crippen molar-refractivity contribution in [2.24, 2.45) is 0 Å². The van der Waals surface area contributed by atoms with Crippen LogP contribution in [0.5, 0.6) is 0 Å². The van der Waals surface area contributed by atoms with Crippen molar-refractivity contribution in [1.82, 2.24) is 19.2 Å². The third kappa shape index (κ3) is 4.65. The number of amides is 1. The van der Waals surface area contributed by atoms with Gasteiger partial charge in [-0.25, -0.2) is 4.98 Å². The number of fused-ring (bicyclic) bond motifs is 1. The van der Waals surface area contributed by atoms with E-state index in [0.717, 1.165) is 41.7 Å². The fraction of sp³-hybridized carbons (Fsp3) is 0.370. The zero-order chi connectivity index (χ0) is 25.3. The van der Waals surface area contributed by atoms with Gasteiger partial charge in [0.25, 0.3) is 11.7 Å². The van der Waals surface area contributed by atoms with Crippen LogP contribution in [0.25, 0.3) is 11.4 Å². The number of aromatic nitrogens is 2. The van der Waals surface area contributed by atoms with Crippen molar-refractivity contribution in [1.29, 1.82) is 0 Å². The van der Waals surface area contributed by atoms with Gasteiger partial charge < -0.3 is 19.3 Å². The molecule has 1 aliphatic rings. The maximum atomic E-state index is 13.3. The van der Waals surface area contributed by atoms with Crippen LogP contribution < -0.4 is 0 Å². The number of nitrogens with zero attached hydrogens (tertiary/aromatic N) is 4. The normalized spacial score (nSPS) is 17.8. The highest BCUT2D eigenvalue weighted by Crippen LogP contribution is 2.40. The monoisotopic (exact) mass is 538 g/mol. The van der Waals surface area contributed by atoms with Crippen LogP contribution in [0.4, 0.5) is 0 Å². The Morgan fingerprint density at radius 3 is 2.43 bits per heavy atom. The molecule has 35 heavy (non-hydrogen) atoms. The number of hydrogen-bond acceptors (Lipinski definition) is 5. The van der Waals surface area contributed by atoms with E-state index in [9.17, 15) is 14.7 Å². The molecule has 1 fully saturated rings. The van der Waals surface area contributed by atoms with Gasteiger partial charge in [-0.3, -0.25) is 9.59 Å². The molecule has 3 heterocycles. The number of rotatable bonds is 8. The summed E-state index contributed by atoms with van der Waals surface area (Å²) in [6.45, 7) is 11.1. The summed E-state index contributed by atoms with van der Waals surface area (Å²) in [5.74, 6) is -1.49. The first-order valence-corrected chi connectivity index (χ1v) is 12.8. The molecule has 3 aromatic rings. The van der Waals surface area contributed by atoms with Crippen molar-refractivity contribution in [3.05, 3.63) is 75.2 Å². The highest BCUT2D eigenvalue weighted by molar-refractivity contribution is 9.10. The van der Waals surface area contributed by atoms with Gasteiger partial charge in [0.05, 0.1) is 17.3 Å². The second-order valence-corrected chi connectivity index (χ2v) is 9.77. The summed E-state index contributed by atoms with van der Waals surface area (Å²) in [5.41, 5.74) is 3.56. The Morgan fingerprint density at radius 2 is 1.80 bits per heavy atom. The number of carbonyl (C=O) groups excluding carboxylic acids is 2. The molecular weight excluding hydrogens is 508 g/mol. The topological polar surface area (TPSA) is 78.2 Å². The van der Waals surface area contributed by atoms with E-state index in [1.807, 2.05) is 60.8 Å². The Morgan fingerprint density at radius 1 is 1.11 bits per heavy atom. The van der Waals surface area contributed by atoms with E-state index in [0.29, 0.717) is 23.6 Å². The molecule has 184 valence electrons. The minimum Gasteiger partial charge on any atom is -0.505 e. The van der Waals surface area contributed by atoms with Crippen LogP contribution >= 0.6 is 15.9 Å². The van der Waals surface area contributed by atoms with E-state index in [2.05, 4.69) is 39.7 Å². The Labute approximate surface area is 214 Å². The first-order chi connectivity index (χ1) is 16.8. The minimum absolute atomic E-state index is 0.0873. The highest BCUT2D eigenvalue weighted by Gasteiger charge is 2.46. The molecule has 0 bridgehead atoms. The van der Waals surface area contributed by atoms with Gasteiger partial charge in [0.2, 0.25) is 0 Å². The second kappa shape index (κ2) is 10.3. The predicted octanol–water partition coefficient (Wildman–Crippen LogP) is 4.87. The van der Waals surface area contributed by atoms with Gasteiger partial charge in [0.15, 0.2) is 5.76 Å². The number of hydrogen-bond donors (Lipinski definition) is 1. The number of halogens is 1. The molecule has 1 N–H and O–H groups in total. The van der Waals surface area contributed by atoms with Crippen molar-refractivity contribution >= 4 is 39.0 Å². The third-order valence-corrected chi connectivity index (χ3v) is 7.33. The number of aliphatic hydroxyl groups excluding tert-OH is 1. The van der Waals surface area contributed by atoms with Crippen LogP contribution in [0.1, 0.15) is 48.8 Å². The van der Waals surface area contributed by atoms with Gasteiger partial charge in [-0.1, -0.05) is 48.0 Å². The zero-order valence-corrected chi connectivity index (χ0v) is 22.2. The largest absolute Gasteiger partial charge is 0.505 e. The minimum atomic E-state index is -0.676. The molecule has 1 aliphatic heterocycles. The molecule has 8 heteroatoms. The summed E-state index contributed by atoms with van der Waals surface area (Å²) in [6.07, 6.45) is 2.60. The van der Waals surface area contributed by atoms with Crippen LogP contribution in [-0.4, -0.2) is 62.2 Å². The van der Waals surface area contributed by atoms with Crippen molar-refractivity contribution < 1.29 is 14.7 Å². The number of carbonyl (C=O) groups is 2. The Hall–Kier alpha value is -2.97. The summed E-state index contributed by atoms with van der Waals surface area (Å²) in [4.78, 5) is 35.1. The number of likely N-dealkylation sites (tertiary alicyclic amines) is 1. The number of imidazole rings is 1. The van der Waals surface area contributed by atoms with Gasteiger partial charge in [-0.2, -0.15) is 0 Å². The third-order valence-electron chi connectivity index (χ3n) is 6.80. The van der Waals surface area contributed by atoms with E-state index in [1.165, 1.54) is 0 Å². The number of aliphatic hydroxyl groups is 1. The van der Waals surface area contributed by atoms with Gasteiger partial charge >= 0.3 is 0 Å². The van der Waals surface area contributed by atoms with Crippen LogP contribution in [0.15, 0.2) is 52.6 Å². The summed E-state index contributed by atoms with van der Waals surface area (Å²) in [5, 5.41) is 11.5. The fourth-order valence-corrected chi connectivity index (χ4v) is 5.05. The molecule has 0 saturated carbocycles. The van der Waals surface area contributed by atoms with Gasteiger partial charge in [-0.15, -0.1) is 0 Å². The van der Waals surface area contributed by atoms with Crippen LogP contribution in [-0.2, 0) is 9.59 Å². The molecule has 4 rings (SSSR count). The van der Waals surface area contributed by atoms with E-state index < -0.39 is 17.7 Å². The number of aryl methyl sites for hydroxylation is 2. The highest BCUT2D eigenvalue weighted by atomic mass is 79.9. The molecule has 1 amide bonds. The van der Waals surface area contributed by atoms with Crippen molar-refractivity contribution in [3.63, 3.8) is 0 Å². The molecule has 0 radical (unpaired) electrons. The standard InChI is InChI=1S/C27H31BrN4O3/c1-5-30(6-2)14-8-16-32-23(19-10-12-20(28)13-11-19)21(25(34)27(32)35)24(33)22-18(4)31-15-7-9-17(3)26(31)29-22/h7,9-13,15,23,33H,5-6,8,14,16H2,1-4H3/b24-21+. The summed E-state index contributed by atoms with van der Waals surface area (Å²) in [6, 6.07) is 10.7.